The van der Waals surface area contributed by atoms with E-state index >= 15 is 0 Å². The van der Waals surface area contributed by atoms with Crippen LogP contribution in [0.25, 0.3) is 11.3 Å². The number of halogens is 1. The zero-order chi connectivity index (χ0) is 14.8. The zero-order valence-electron chi connectivity index (χ0n) is 11.2. The molecule has 0 saturated carbocycles. The highest BCUT2D eigenvalue weighted by Crippen LogP contribution is 2.22. The average Bonchev–Trinajstić information content (AvgIpc) is 2.91. The van der Waals surface area contributed by atoms with E-state index in [1.54, 1.807) is 24.5 Å². The van der Waals surface area contributed by atoms with Gasteiger partial charge in [-0.3, -0.25) is 4.68 Å². The lowest BCUT2D eigenvalue weighted by Crippen LogP contribution is -2.06. The van der Waals surface area contributed by atoms with Gasteiger partial charge >= 0.3 is 0 Å². The SMILES string of the molecule is Nc1ccc(Cn2nccc2-c2ccc(Cl)nc2)c(N)c1. The number of benzene rings is 1. The molecule has 3 aromatic rings. The first kappa shape index (κ1) is 13.5. The van der Waals surface area contributed by atoms with E-state index in [1.165, 1.54) is 0 Å². The van der Waals surface area contributed by atoms with Crippen LogP contribution in [0.4, 0.5) is 11.4 Å². The summed E-state index contributed by atoms with van der Waals surface area (Å²) in [5.41, 5.74) is 15.9. The molecule has 0 saturated heterocycles. The summed E-state index contributed by atoms with van der Waals surface area (Å²) in [4.78, 5) is 4.10. The first-order valence-corrected chi connectivity index (χ1v) is 6.79. The number of nitrogens with two attached hydrogens (primary N) is 2. The van der Waals surface area contributed by atoms with Gasteiger partial charge in [0.1, 0.15) is 5.15 Å². The lowest BCUT2D eigenvalue weighted by molar-refractivity contribution is 0.695. The quantitative estimate of drug-likeness (QED) is 0.575. The molecule has 1 aromatic carbocycles. The smallest absolute Gasteiger partial charge is 0.129 e. The molecule has 0 aliphatic rings. The summed E-state index contributed by atoms with van der Waals surface area (Å²) >= 11 is 5.82. The molecular formula is C15H14ClN5. The fourth-order valence-corrected chi connectivity index (χ4v) is 2.26. The molecule has 0 unspecified atom stereocenters. The molecule has 21 heavy (non-hydrogen) atoms. The van der Waals surface area contributed by atoms with Crippen LogP contribution in [-0.4, -0.2) is 14.8 Å². The van der Waals surface area contributed by atoms with E-state index in [0.29, 0.717) is 23.1 Å². The lowest BCUT2D eigenvalue weighted by atomic mass is 10.1. The second-order valence-electron chi connectivity index (χ2n) is 4.70. The molecule has 0 fully saturated rings. The van der Waals surface area contributed by atoms with Gasteiger partial charge in [-0.15, -0.1) is 0 Å². The normalized spacial score (nSPS) is 10.7. The van der Waals surface area contributed by atoms with Crippen LogP contribution >= 0.6 is 11.6 Å². The maximum atomic E-state index is 6.00. The fraction of sp³-hybridized carbons (Fsp3) is 0.0667. The van der Waals surface area contributed by atoms with Crippen molar-refractivity contribution in [2.75, 3.05) is 11.5 Å². The number of nitrogens with zero attached hydrogens (tertiary/aromatic N) is 3. The Labute approximate surface area is 127 Å². The van der Waals surface area contributed by atoms with Crippen LogP contribution < -0.4 is 11.5 Å². The number of rotatable bonds is 3. The highest BCUT2D eigenvalue weighted by Gasteiger charge is 2.08. The minimum absolute atomic E-state index is 0.465. The summed E-state index contributed by atoms with van der Waals surface area (Å²) in [6.07, 6.45) is 3.47. The third-order valence-corrected chi connectivity index (χ3v) is 3.45. The fourth-order valence-electron chi connectivity index (χ4n) is 2.15. The van der Waals surface area contributed by atoms with Crippen molar-refractivity contribution in [3.8, 4) is 11.3 Å². The van der Waals surface area contributed by atoms with Gasteiger partial charge in [0.2, 0.25) is 0 Å². The predicted molar refractivity (Wildman–Crippen MR) is 84.8 cm³/mol. The Bertz CT molecular complexity index is 764. The summed E-state index contributed by atoms with van der Waals surface area (Å²) in [7, 11) is 0. The Hall–Kier alpha value is -2.53. The summed E-state index contributed by atoms with van der Waals surface area (Å²) in [5, 5.41) is 4.81. The molecule has 5 nitrogen and oxygen atoms in total. The topological polar surface area (TPSA) is 82.8 Å². The predicted octanol–water partition coefficient (Wildman–Crippen LogP) is 2.81. The van der Waals surface area contributed by atoms with Crippen LogP contribution in [0.15, 0.2) is 48.8 Å². The summed E-state index contributed by atoms with van der Waals surface area (Å²) in [6.45, 7) is 0.567. The van der Waals surface area contributed by atoms with Crippen LogP contribution in [0, 0.1) is 0 Å². The van der Waals surface area contributed by atoms with E-state index in [9.17, 15) is 0 Å². The molecule has 0 radical (unpaired) electrons. The van der Waals surface area contributed by atoms with Crippen molar-refractivity contribution in [3.05, 3.63) is 59.5 Å². The molecule has 106 valence electrons. The molecule has 4 N–H and O–H groups in total. The van der Waals surface area contributed by atoms with Crippen molar-refractivity contribution in [3.63, 3.8) is 0 Å². The van der Waals surface area contributed by atoms with Crippen molar-refractivity contribution in [1.82, 2.24) is 14.8 Å². The third kappa shape index (κ3) is 2.83. The highest BCUT2D eigenvalue weighted by atomic mass is 35.5. The summed E-state index contributed by atoms with van der Waals surface area (Å²) in [5.74, 6) is 0. The molecule has 0 atom stereocenters. The largest absolute Gasteiger partial charge is 0.399 e. The first-order chi connectivity index (χ1) is 10.1. The van der Waals surface area contributed by atoms with Gasteiger partial charge in [-0.25, -0.2) is 4.98 Å². The molecule has 2 heterocycles. The molecule has 0 spiro atoms. The van der Waals surface area contributed by atoms with Gasteiger partial charge in [-0.1, -0.05) is 17.7 Å². The second kappa shape index (κ2) is 5.46. The Kier molecular flexibility index (Phi) is 3.50. The van der Waals surface area contributed by atoms with E-state index < -0.39 is 0 Å². The van der Waals surface area contributed by atoms with Gasteiger partial charge in [-0.05, 0) is 35.9 Å². The molecule has 3 rings (SSSR count). The number of aromatic nitrogens is 3. The summed E-state index contributed by atoms with van der Waals surface area (Å²) < 4.78 is 1.87. The van der Waals surface area contributed by atoms with Crippen molar-refractivity contribution in [1.29, 1.82) is 0 Å². The molecule has 0 amide bonds. The van der Waals surface area contributed by atoms with Crippen LogP contribution in [0.3, 0.4) is 0 Å². The van der Waals surface area contributed by atoms with Gasteiger partial charge < -0.3 is 11.5 Å². The van der Waals surface area contributed by atoms with Crippen molar-refractivity contribution >= 4 is 23.0 Å². The molecule has 2 aromatic heterocycles. The van der Waals surface area contributed by atoms with Crippen molar-refractivity contribution < 1.29 is 0 Å². The van der Waals surface area contributed by atoms with Crippen LogP contribution in [0.5, 0.6) is 0 Å². The number of anilines is 2. The molecule has 6 heteroatoms. The minimum atomic E-state index is 0.465. The standard InChI is InChI=1S/C15H14ClN5/c16-15-4-2-10(8-19-15)14-5-6-20-21(14)9-11-1-3-12(17)7-13(11)18/h1-8H,9,17-18H2. The van der Waals surface area contributed by atoms with E-state index in [-0.39, 0.29) is 0 Å². The van der Waals surface area contributed by atoms with E-state index in [2.05, 4.69) is 10.1 Å². The highest BCUT2D eigenvalue weighted by molar-refractivity contribution is 6.29. The Balaban J connectivity index is 1.94. The molecule has 0 aliphatic carbocycles. The van der Waals surface area contributed by atoms with Gasteiger partial charge in [-0.2, -0.15) is 5.10 Å². The lowest BCUT2D eigenvalue weighted by Gasteiger charge is -2.10. The maximum Gasteiger partial charge on any atom is 0.129 e. The van der Waals surface area contributed by atoms with E-state index in [0.717, 1.165) is 16.8 Å². The minimum Gasteiger partial charge on any atom is -0.399 e. The third-order valence-electron chi connectivity index (χ3n) is 3.23. The van der Waals surface area contributed by atoms with Crippen molar-refractivity contribution in [2.24, 2.45) is 0 Å². The molecular weight excluding hydrogens is 286 g/mol. The summed E-state index contributed by atoms with van der Waals surface area (Å²) in [6, 6.07) is 11.1. The van der Waals surface area contributed by atoms with Gasteiger partial charge in [0.25, 0.3) is 0 Å². The Morgan fingerprint density at radius 2 is 1.95 bits per heavy atom. The van der Waals surface area contributed by atoms with Crippen molar-refractivity contribution in [2.45, 2.75) is 6.54 Å². The van der Waals surface area contributed by atoms with Crippen LogP contribution in [0.2, 0.25) is 5.15 Å². The molecule has 0 bridgehead atoms. The van der Waals surface area contributed by atoms with Gasteiger partial charge in [0.05, 0.1) is 12.2 Å². The maximum absolute atomic E-state index is 6.00. The number of pyridine rings is 1. The monoisotopic (exact) mass is 299 g/mol. The van der Waals surface area contributed by atoms with E-state index in [1.807, 2.05) is 28.9 Å². The zero-order valence-corrected chi connectivity index (χ0v) is 12.0. The van der Waals surface area contributed by atoms with E-state index in [4.69, 9.17) is 23.1 Å². The average molecular weight is 300 g/mol. The molecule has 0 aliphatic heterocycles. The van der Waals surface area contributed by atoms with Crippen LogP contribution in [-0.2, 0) is 6.54 Å². The van der Waals surface area contributed by atoms with Crippen LogP contribution in [0.1, 0.15) is 5.56 Å². The van der Waals surface area contributed by atoms with Gasteiger partial charge in [0, 0.05) is 29.3 Å². The first-order valence-electron chi connectivity index (χ1n) is 6.41. The Morgan fingerprint density at radius 3 is 2.67 bits per heavy atom. The number of hydrogen-bond acceptors (Lipinski definition) is 4. The Morgan fingerprint density at radius 1 is 1.10 bits per heavy atom. The van der Waals surface area contributed by atoms with Gasteiger partial charge in [0.15, 0.2) is 0 Å². The number of hydrogen-bond donors (Lipinski definition) is 2. The second-order valence-corrected chi connectivity index (χ2v) is 5.09. The number of nitrogen functional groups attached to an aromatic ring is 2.